The van der Waals surface area contributed by atoms with E-state index in [0.29, 0.717) is 17.1 Å². The molecular formula is C19H30O2. The first-order chi connectivity index (χ1) is 9.83. The second-order valence-electron chi connectivity index (χ2n) is 8.42. The highest BCUT2D eigenvalue weighted by Gasteiger charge is 2.64. The van der Waals surface area contributed by atoms with Crippen LogP contribution in [0.4, 0.5) is 0 Å². The van der Waals surface area contributed by atoms with Gasteiger partial charge in [-0.15, -0.1) is 0 Å². The molecule has 0 aromatic rings. The SMILES string of the molecule is CC(C)=C1C[C@@H]2C[C@@H]3[C@@H](CC[C@H](C)O)[C@]3(C)C[C@@H]2CC1=O. The van der Waals surface area contributed by atoms with E-state index in [4.69, 9.17) is 0 Å². The van der Waals surface area contributed by atoms with E-state index in [2.05, 4.69) is 20.8 Å². The average Bonchev–Trinajstić information content (AvgIpc) is 2.95. The van der Waals surface area contributed by atoms with Gasteiger partial charge < -0.3 is 5.11 Å². The van der Waals surface area contributed by atoms with Gasteiger partial charge >= 0.3 is 0 Å². The molecule has 0 unspecified atom stereocenters. The van der Waals surface area contributed by atoms with Crippen molar-refractivity contribution < 1.29 is 9.90 Å². The van der Waals surface area contributed by atoms with E-state index < -0.39 is 0 Å². The smallest absolute Gasteiger partial charge is 0.159 e. The van der Waals surface area contributed by atoms with Gasteiger partial charge in [-0.2, -0.15) is 0 Å². The molecule has 0 bridgehead atoms. The molecule has 118 valence electrons. The largest absolute Gasteiger partial charge is 0.393 e. The number of rotatable bonds is 3. The number of hydrogen-bond donors (Lipinski definition) is 1. The lowest BCUT2D eigenvalue weighted by atomic mass is 9.66. The first-order valence-electron chi connectivity index (χ1n) is 8.70. The maximum absolute atomic E-state index is 12.3. The van der Waals surface area contributed by atoms with Gasteiger partial charge in [-0.3, -0.25) is 4.79 Å². The van der Waals surface area contributed by atoms with Gasteiger partial charge in [0.2, 0.25) is 0 Å². The Kier molecular flexibility index (Phi) is 3.80. The lowest BCUT2D eigenvalue weighted by Gasteiger charge is -2.38. The van der Waals surface area contributed by atoms with Crippen LogP contribution >= 0.6 is 0 Å². The molecule has 0 saturated heterocycles. The second-order valence-corrected chi connectivity index (χ2v) is 8.42. The maximum Gasteiger partial charge on any atom is 0.159 e. The van der Waals surface area contributed by atoms with Crippen molar-refractivity contribution in [3.05, 3.63) is 11.1 Å². The summed E-state index contributed by atoms with van der Waals surface area (Å²) in [6.07, 6.45) is 6.31. The van der Waals surface area contributed by atoms with Crippen LogP contribution in [-0.4, -0.2) is 17.0 Å². The summed E-state index contributed by atoms with van der Waals surface area (Å²) in [5, 5.41) is 9.53. The molecule has 0 radical (unpaired) electrons. The van der Waals surface area contributed by atoms with Crippen molar-refractivity contribution in [1.82, 2.24) is 0 Å². The van der Waals surface area contributed by atoms with E-state index in [-0.39, 0.29) is 6.10 Å². The van der Waals surface area contributed by atoms with Crippen LogP contribution in [0.5, 0.6) is 0 Å². The van der Waals surface area contributed by atoms with E-state index >= 15 is 0 Å². The summed E-state index contributed by atoms with van der Waals surface area (Å²) in [4.78, 5) is 12.3. The zero-order valence-electron chi connectivity index (χ0n) is 14.0. The number of carbonyl (C=O) groups excluding carboxylic acids is 1. The zero-order valence-corrected chi connectivity index (χ0v) is 14.0. The molecular weight excluding hydrogens is 260 g/mol. The van der Waals surface area contributed by atoms with Gasteiger partial charge in [-0.1, -0.05) is 12.5 Å². The van der Waals surface area contributed by atoms with Crippen molar-refractivity contribution in [3.8, 4) is 0 Å². The van der Waals surface area contributed by atoms with Crippen LogP contribution in [0, 0.1) is 29.1 Å². The van der Waals surface area contributed by atoms with E-state index in [1.165, 1.54) is 24.8 Å². The third-order valence-corrected chi connectivity index (χ3v) is 6.75. The molecule has 1 N–H and O–H groups in total. The highest BCUT2D eigenvalue weighted by Crippen LogP contribution is 2.71. The minimum atomic E-state index is -0.169. The van der Waals surface area contributed by atoms with Gasteiger partial charge in [0.25, 0.3) is 0 Å². The van der Waals surface area contributed by atoms with Crippen molar-refractivity contribution >= 4 is 5.78 Å². The number of aliphatic hydroxyl groups is 1. The first-order valence-corrected chi connectivity index (χ1v) is 8.70. The van der Waals surface area contributed by atoms with E-state index in [9.17, 15) is 9.90 Å². The molecule has 21 heavy (non-hydrogen) atoms. The zero-order chi connectivity index (χ0) is 15.4. The number of Topliss-reactive ketones (excluding diaryl/α,β-unsaturated/α-hetero) is 1. The van der Waals surface area contributed by atoms with Crippen LogP contribution in [0.1, 0.15) is 66.2 Å². The van der Waals surface area contributed by atoms with Gasteiger partial charge in [0.15, 0.2) is 5.78 Å². The first kappa shape index (κ1) is 15.3. The highest BCUT2D eigenvalue weighted by atomic mass is 16.3. The number of allylic oxidation sites excluding steroid dienone is 2. The van der Waals surface area contributed by atoms with Crippen LogP contribution in [0.25, 0.3) is 0 Å². The van der Waals surface area contributed by atoms with Crippen LogP contribution < -0.4 is 0 Å². The quantitative estimate of drug-likeness (QED) is 0.794. The maximum atomic E-state index is 12.3. The Morgan fingerprint density at radius 2 is 2.05 bits per heavy atom. The van der Waals surface area contributed by atoms with Crippen LogP contribution in [0.15, 0.2) is 11.1 Å². The topological polar surface area (TPSA) is 37.3 Å². The Morgan fingerprint density at radius 3 is 2.67 bits per heavy atom. The van der Waals surface area contributed by atoms with Crippen molar-refractivity contribution in [2.24, 2.45) is 29.1 Å². The number of ketones is 1. The van der Waals surface area contributed by atoms with Gasteiger partial charge in [-0.05, 0) is 87.5 Å². The molecule has 3 fully saturated rings. The summed E-state index contributed by atoms with van der Waals surface area (Å²) in [6, 6.07) is 0. The molecule has 0 amide bonds. The summed E-state index contributed by atoms with van der Waals surface area (Å²) in [7, 11) is 0. The van der Waals surface area contributed by atoms with Crippen LogP contribution in [-0.2, 0) is 4.79 Å². The molecule has 0 aliphatic heterocycles. The third kappa shape index (κ3) is 2.60. The van der Waals surface area contributed by atoms with Crippen molar-refractivity contribution in [1.29, 1.82) is 0 Å². The second kappa shape index (κ2) is 5.22. The molecule has 3 aliphatic rings. The number of fused-ring (bicyclic) bond motifs is 2. The number of hydrogen-bond acceptors (Lipinski definition) is 2. The molecule has 0 spiro atoms. The fraction of sp³-hybridized carbons (Fsp3) is 0.842. The fourth-order valence-electron chi connectivity index (χ4n) is 5.41. The molecule has 2 heteroatoms. The van der Waals surface area contributed by atoms with Crippen LogP contribution in [0.3, 0.4) is 0 Å². The lowest BCUT2D eigenvalue weighted by Crippen LogP contribution is -2.33. The summed E-state index contributed by atoms with van der Waals surface area (Å²) in [5.41, 5.74) is 2.83. The Morgan fingerprint density at radius 1 is 1.33 bits per heavy atom. The molecule has 0 aromatic carbocycles. The lowest BCUT2D eigenvalue weighted by molar-refractivity contribution is -0.119. The Bertz CT molecular complexity index is 472. The van der Waals surface area contributed by atoms with Gasteiger partial charge in [0.1, 0.15) is 0 Å². The Hall–Kier alpha value is -0.630. The monoisotopic (exact) mass is 290 g/mol. The Balaban J connectivity index is 1.69. The summed E-state index contributed by atoms with van der Waals surface area (Å²) in [6.45, 7) is 8.50. The molecule has 3 aliphatic carbocycles. The molecule has 3 saturated carbocycles. The van der Waals surface area contributed by atoms with E-state index in [1.54, 1.807) is 0 Å². The van der Waals surface area contributed by atoms with Gasteiger partial charge in [-0.25, -0.2) is 0 Å². The molecule has 0 aromatic heterocycles. The van der Waals surface area contributed by atoms with Gasteiger partial charge in [0.05, 0.1) is 6.10 Å². The summed E-state index contributed by atoms with van der Waals surface area (Å²) in [5.74, 6) is 3.42. The van der Waals surface area contributed by atoms with Crippen molar-refractivity contribution in [2.75, 3.05) is 0 Å². The third-order valence-electron chi connectivity index (χ3n) is 6.75. The number of carbonyl (C=O) groups is 1. The number of aliphatic hydroxyl groups excluding tert-OH is 1. The molecule has 0 heterocycles. The van der Waals surface area contributed by atoms with E-state index in [1.807, 2.05) is 6.92 Å². The fourth-order valence-corrected chi connectivity index (χ4v) is 5.41. The predicted octanol–water partition coefficient (Wildman–Crippen LogP) is 4.13. The summed E-state index contributed by atoms with van der Waals surface area (Å²) >= 11 is 0. The van der Waals surface area contributed by atoms with Crippen LogP contribution in [0.2, 0.25) is 0 Å². The van der Waals surface area contributed by atoms with Gasteiger partial charge in [0, 0.05) is 6.42 Å². The molecule has 6 atom stereocenters. The normalized spacial score (nSPS) is 43.1. The molecule has 3 rings (SSSR count). The van der Waals surface area contributed by atoms with Crippen molar-refractivity contribution in [3.63, 3.8) is 0 Å². The highest BCUT2D eigenvalue weighted by molar-refractivity contribution is 5.97. The average molecular weight is 290 g/mol. The van der Waals surface area contributed by atoms with E-state index in [0.717, 1.165) is 42.6 Å². The minimum absolute atomic E-state index is 0.169. The minimum Gasteiger partial charge on any atom is -0.393 e. The standard InChI is InChI=1S/C19H30O2/c1-11(2)15-7-13-8-17-16(6-5-12(3)20)19(17,4)10-14(13)9-18(15)21/h12-14,16-17,20H,5-10H2,1-4H3/t12-,13+,14-,16+,17+,19-/m0/s1. The van der Waals surface area contributed by atoms with Crippen molar-refractivity contribution in [2.45, 2.75) is 72.3 Å². The molecule has 2 nitrogen and oxygen atoms in total. The predicted molar refractivity (Wildman–Crippen MR) is 84.8 cm³/mol. The summed E-state index contributed by atoms with van der Waals surface area (Å²) < 4.78 is 0. The Labute approximate surface area is 129 Å².